The first-order valence-corrected chi connectivity index (χ1v) is 10.9. The number of hydrogen-bond acceptors (Lipinski definition) is 9. The van der Waals surface area contributed by atoms with Gasteiger partial charge in [-0.05, 0) is 52.5 Å². The molecule has 0 bridgehead atoms. The van der Waals surface area contributed by atoms with Gasteiger partial charge >= 0.3 is 17.9 Å². The van der Waals surface area contributed by atoms with Gasteiger partial charge in [0.1, 0.15) is 11.6 Å². The Morgan fingerprint density at radius 3 is 2.17 bits per heavy atom. The van der Waals surface area contributed by atoms with E-state index in [0.717, 1.165) is 4.88 Å². The van der Waals surface area contributed by atoms with Gasteiger partial charge in [-0.3, -0.25) is 4.79 Å². The Hall–Kier alpha value is -1.97. The topological polar surface area (TPSA) is 114 Å². The molecule has 1 rings (SSSR count). The van der Waals surface area contributed by atoms with E-state index in [9.17, 15) is 14.4 Å². The minimum atomic E-state index is -2.00. The second-order valence-electron chi connectivity index (χ2n) is 7.62. The Morgan fingerprint density at radius 2 is 1.70 bits per heavy atom. The van der Waals surface area contributed by atoms with Gasteiger partial charge in [0.25, 0.3) is 5.60 Å². The number of carbonyl (C=O) groups excluding carboxylic acids is 3. The van der Waals surface area contributed by atoms with Gasteiger partial charge in [-0.1, -0.05) is 6.07 Å². The molecular weight excluding hydrogens is 410 g/mol. The highest BCUT2D eigenvalue weighted by Gasteiger charge is 2.50. The highest BCUT2D eigenvalue weighted by atomic mass is 32.1. The van der Waals surface area contributed by atoms with Crippen molar-refractivity contribution in [2.24, 2.45) is 5.73 Å². The maximum Gasteiger partial charge on any atom is 0.350 e. The molecule has 1 aromatic rings. The summed E-state index contributed by atoms with van der Waals surface area (Å²) in [5, 5.41) is 1.93. The molecule has 1 unspecified atom stereocenters. The monoisotopic (exact) mass is 443 g/mol. The van der Waals surface area contributed by atoms with Crippen molar-refractivity contribution in [3.63, 3.8) is 0 Å². The van der Waals surface area contributed by atoms with Crippen molar-refractivity contribution < 1.29 is 33.3 Å². The second-order valence-corrected chi connectivity index (χ2v) is 8.66. The SMILES string of the molecule is CCOC(=O)C(CCC(N)C(=O)OC(C)(C)C)(OCCc1cccs1)C(=O)OCC. The lowest BCUT2D eigenvalue weighted by Gasteiger charge is -2.30. The molecule has 1 atom stereocenters. The van der Waals surface area contributed by atoms with Crippen LogP contribution in [-0.4, -0.2) is 55.0 Å². The molecule has 0 spiro atoms. The maximum absolute atomic E-state index is 12.8. The lowest BCUT2D eigenvalue weighted by Crippen LogP contribution is -2.53. The van der Waals surface area contributed by atoms with E-state index in [-0.39, 0.29) is 32.7 Å². The Morgan fingerprint density at radius 1 is 1.10 bits per heavy atom. The van der Waals surface area contributed by atoms with Crippen LogP contribution in [0.2, 0.25) is 0 Å². The Labute approximate surface area is 182 Å². The summed E-state index contributed by atoms with van der Waals surface area (Å²) in [5.41, 5.74) is 3.25. The summed E-state index contributed by atoms with van der Waals surface area (Å²) in [6.07, 6.45) is 0.317. The van der Waals surface area contributed by atoms with Crippen molar-refractivity contribution in [3.8, 4) is 0 Å². The third-order valence-electron chi connectivity index (χ3n) is 4.00. The molecule has 170 valence electrons. The molecule has 0 aromatic carbocycles. The van der Waals surface area contributed by atoms with Crippen LogP contribution in [0, 0.1) is 0 Å². The number of carbonyl (C=O) groups is 3. The van der Waals surface area contributed by atoms with E-state index in [1.165, 1.54) is 0 Å². The van der Waals surface area contributed by atoms with Gasteiger partial charge in [-0.25, -0.2) is 9.59 Å². The predicted molar refractivity (Wildman–Crippen MR) is 113 cm³/mol. The fraction of sp³-hybridized carbons (Fsp3) is 0.667. The Bertz CT molecular complexity index is 664. The maximum atomic E-state index is 12.8. The summed E-state index contributed by atoms with van der Waals surface area (Å²) >= 11 is 1.54. The van der Waals surface area contributed by atoms with E-state index in [2.05, 4.69) is 0 Å². The Kier molecular flexibility index (Phi) is 10.4. The number of rotatable bonds is 12. The third kappa shape index (κ3) is 8.04. The zero-order valence-corrected chi connectivity index (χ0v) is 19.2. The largest absolute Gasteiger partial charge is 0.463 e. The van der Waals surface area contributed by atoms with Crippen LogP contribution in [0.5, 0.6) is 0 Å². The van der Waals surface area contributed by atoms with Crippen molar-refractivity contribution >= 4 is 29.2 Å². The molecule has 0 saturated heterocycles. The number of ether oxygens (including phenoxy) is 4. The van der Waals surface area contributed by atoms with E-state index in [1.54, 1.807) is 46.0 Å². The summed E-state index contributed by atoms with van der Waals surface area (Å²) in [5.74, 6) is -2.33. The summed E-state index contributed by atoms with van der Waals surface area (Å²) in [7, 11) is 0. The first kappa shape index (κ1) is 26.1. The molecule has 0 radical (unpaired) electrons. The van der Waals surface area contributed by atoms with Gasteiger partial charge in [-0.2, -0.15) is 0 Å². The average Bonchev–Trinajstić information content (AvgIpc) is 3.16. The van der Waals surface area contributed by atoms with E-state index in [1.807, 2.05) is 17.5 Å². The molecular formula is C21H33NO7S. The molecule has 0 aliphatic carbocycles. The molecule has 9 heteroatoms. The van der Waals surface area contributed by atoms with E-state index < -0.39 is 35.2 Å². The molecule has 0 aliphatic rings. The molecule has 0 aliphatic heterocycles. The minimum Gasteiger partial charge on any atom is -0.463 e. The fourth-order valence-corrected chi connectivity index (χ4v) is 3.30. The number of nitrogens with two attached hydrogens (primary N) is 1. The van der Waals surface area contributed by atoms with E-state index in [0.29, 0.717) is 6.42 Å². The average molecular weight is 444 g/mol. The second kappa shape index (κ2) is 12.0. The molecule has 0 fully saturated rings. The lowest BCUT2D eigenvalue weighted by molar-refractivity contribution is -0.192. The van der Waals surface area contributed by atoms with Crippen LogP contribution >= 0.6 is 11.3 Å². The Balaban J connectivity index is 3.00. The van der Waals surface area contributed by atoms with Crippen LogP contribution in [0.15, 0.2) is 17.5 Å². The van der Waals surface area contributed by atoms with E-state index >= 15 is 0 Å². The van der Waals surface area contributed by atoms with Crippen molar-refractivity contribution in [2.75, 3.05) is 19.8 Å². The van der Waals surface area contributed by atoms with Crippen molar-refractivity contribution in [1.82, 2.24) is 0 Å². The third-order valence-corrected chi connectivity index (χ3v) is 4.94. The first-order valence-electron chi connectivity index (χ1n) is 10.0. The quantitative estimate of drug-likeness (QED) is 0.298. The number of hydrogen-bond donors (Lipinski definition) is 1. The van der Waals surface area contributed by atoms with Crippen LogP contribution in [-0.2, 0) is 39.8 Å². The van der Waals surface area contributed by atoms with Gasteiger partial charge in [0.15, 0.2) is 0 Å². The van der Waals surface area contributed by atoms with Crippen molar-refractivity contribution in [1.29, 1.82) is 0 Å². The fourth-order valence-electron chi connectivity index (χ4n) is 2.61. The van der Waals surface area contributed by atoms with Crippen LogP contribution in [0.4, 0.5) is 0 Å². The van der Waals surface area contributed by atoms with Gasteiger partial charge in [0.05, 0.1) is 19.8 Å². The first-order chi connectivity index (χ1) is 14.1. The van der Waals surface area contributed by atoms with Crippen LogP contribution in [0.25, 0.3) is 0 Å². The van der Waals surface area contributed by atoms with Gasteiger partial charge in [-0.15, -0.1) is 11.3 Å². The van der Waals surface area contributed by atoms with Gasteiger partial charge in [0.2, 0.25) is 0 Å². The molecule has 1 heterocycles. The highest BCUT2D eigenvalue weighted by Crippen LogP contribution is 2.25. The summed E-state index contributed by atoms with van der Waals surface area (Å²) < 4.78 is 21.3. The molecule has 1 aromatic heterocycles. The van der Waals surface area contributed by atoms with Crippen LogP contribution in [0.1, 0.15) is 52.3 Å². The summed E-state index contributed by atoms with van der Waals surface area (Å²) in [6, 6.07) is 2.81. The smallest absolute Gasteiger partial charge is 0.350 e. The molecule has 0 saturated carbocycles. The number of esters is 3. The summed E-state index contributed by atoms with van der Waals surface area (Å²) in [6.45, 7) is 8.67. The molecule has 0 amide bonds. The molecule has 30 heavy (non-hydrogen) atoms. The van der Waals surface area contributed by atoms with Crippen molar-refractivity contribution in [2.45, 2.75) is 71.1 Å². The highest BCUT2D eigenvalue weighted by molar-refractivity contribution is 7.09. The van der Waals surface area contributed by atoms with Crippen LogP contribution in [0.3, 0.4) is 0 Å². The molecule has 2 N–H and O–H groups in total. The summed E-state index contributed by atoms with van der Waals surface area (Å²) in [4.78, 5) is 38.8. The molecule has 8 nitrogen and oxygen atoms in total. The van der Waals surface area contributed by atoms with Gasteiger partial charge < -0.3 is 24.7 Å². The van der Waals surface area contributed by atoms with E-state index in [4.69, 9.17) is 24.7 Å². The van der Waals surface area contributed by atoms with Crippen LogP contribution < -0.4 is 5.73 Å². The lowest BCUT2D eigenvalue weighted by atomic mass is 9.94. The van der Waals surface area contributed by atoms with Gasteiger partial charge in [0, 0.05) is 17.7 Å². The normalized spacial score (nSPS) is 12.9. The zero-order valence-electron chi connectivity index (χ0n) is 18.4. The number of thiophene rings is 1. The minimum absolute atomic E-state index is 0.0223. The standard InChI is InChI=1S/C21H33NO7S/c1-6-26-18(24)21(19(25)27-7-2,28-13-11-15-9-8-14-30-15)12-10-16(22)17(23)29-20(3,4)5/h8-9,14,16H,6-7,10-13,22H2,1-5H3. The van der Waals surface area contributed by atoms with Crippen molar-refractivity contribution in [3.05, 3.63) is 22.4 Å². The predicted octanol–water partition coefficient (Wildman–Crippen LogP) is 2.62. The zero-order chi connectivity index (χ0) is 22.8.